The van der Waals surface area contributed by atoms with Crippen LogP contribution in [0.15, 0.2) is 60.3 Å². The highest BCUT2D eigenvalue weighted by Gasteiger charge is 2.45. The number of allylic oxidation sites excluding steroid dienone is 1. The zero-order chi connectivity index (χ0) is 20.1. The minimum atomic E-state index is -0.470. The van der Waals surface area contributed by atoms with E-state index in [0.29, 0.717) is 11.4 Å². The average Bonchev–Trinajstić information content (AvgIpc) is 2.74. The number of hydrogen-bond acceptors (Lipinski definition) is 3. The van der Waals surface area contributed by atoms with Crippen LogP contribution in [0, 0.1) is 11.3 Å². The van der Waals surface area contributed by atoms with Gasteiger partial charge in [0.15, 0.2) is 0 Å². The number of hydrogen-bond donors (Lipinski definition) is 1. The summed E-state index contributed by atoms with van der Waals surface area (Å²) in [7, 11) is 0. The van der Waals surface area contributed by atoms with E-state index < -0.39 is 12.0 Å². The summed E-state index contributed by atoms with van der Waals surface area (Å²) in [4.78, 5) is 27.9. The number of carbonyl (C=O) groups is 2. The summed E-state index contributed by atoms with van der Waals surface area (Å²) in [5.41, 5.74) is 3.05. The van der Waals surface area contributed by atoms with Crippen LogP contribution in [0.25, 0.3) is 0 Å². The van der Waals surface area contributed by atoms with Gasteiger partial charge in [0.2, 0.25) is 5.91 Å². The van der Waals surface area contributed by atoms with Gasteiger partial charge in [-0.2, -0.15) is 0 Å². The van der Waals surface area contributed by atoms with Crippen LogP contribution in [-0.4, -0.2) is 11.7 Å². The minimum Gasteiger partial charge on any atom is -0.357 e. The Kier molecular flexibility index (Phi) is 4.54. The van der Waals surface area contributed by atoms with Gasteiger partial charge < -0.3 is 10.2 Å². The zero-order valence-electron chi connectivity index (χ0n) is 16.2. The van der Waals surface area contributed by atoms with Crippen molar-refractivity contribution in [3.8, 4) is 0 Å². The van der Waals surface area contributed by atoms with Crippen molar-refractivity contribution in [2.45, 2.75) is 33.2 Å². The summed E-state index contributed by atoms with van der Waals surface area (Å²) in [6.07, 6.45) is 2.57. The SMILES string of the molecule is CC(=O)N1c2ccccc2NC2=CC(C)(C)CC(=O)C2C1c1cccc(Cl)c1. The molecular weight excluding hydrogens is 372 g/mol. The standard InChI is InChI=1S/C23H23ClN2O2/c1-14(27)26-19-10-5-4-9-17(19)25-18-12-23(2,3)13-20(28)21(18)22(26)15-7-6-8-16(24)11-15/h4-12,21-22,25H,13H2,1-3H3. The maximum absolute atomic E-state index is 13.3. The molecule has 0 radical (unpaired) electrons. The van der Waals surface area contributed by atoms with Gasteiger partial charge in [0.25, 0.3) is 0 Å². The molecule has 1 N–H and O–H groups in total. The van der Waals surface area contributed by atoms with Gasteiger partial charge in [-0.15, -0.1) is 0 Å². The molecule has 0 saturated carbocycles. The van der Waals surface area contributed by atoms with E-state index in [4.69, 9.17) is 11.6 Å². The van der Waals surface area contributed by atoms with E-state index in [1.165, 1.54) is 0 Å². The summed E-state index contributed by atoms with van der Waals surface area (Å²) >= 11 is 6.27. The molecule has 4 nitrogen and oxygen atoms in total. The van der Waals surface area contributed by atoms with E-state index >= 15 is 0 Å². The Balaban J connectivity index is 2.01. The highest BCUT2D eigenvalue weighted by Crippen LogP contribution is 2.48. The van der Waals surface area contributed by atoms with E-state index in [9.17, 15) is 9.59 Å². The van der Waals surface area contributed by atoms with Crippen LogP contribution >= 0.6 is 11.6 Å². The maximum Gasteiger partial charge on any atom is 0.224 e. The predicted octanol–water partition coefficient (Wildman–Crippen LogP) is 5.36. The molecule has 1 amide bonds. The summed E-state index contributed by atoms with van der Waals surface area (Å²) in [5.74, 6) is -0.458. The van der Waals surface area contributed by atoms with Gasteiger partial charge in [-0.05, 0) is 35.2 Å². The second kappa shape index (κ2) is 6.78. The van der Waals surface area contributed by atoms with Crippen LogP contribution < -0.4 is 10.2 Å². The molecule has 144 valence electrons. The summed E-state index contributed by atoms with van der Waals surface area (Å²) < 4.78 is 0. The second-order valence-electron chi connectivity index (χ2n) is 8.24. The Bertz CT molecular complexity index is 996. The molecule has 0 fully saturated rings. The van der Waals surface area contributed by atoms with Crippen LogP contribution in [0.5, 0.6) is 0 Å². The quantitative estimate of drug-likeness (QED) is 0.708. The Morgan fingerprint density at radius 3 is 2.64 bits per heavy atom. The van der Waals surface area contributed by atoms with Crippen molar-refractivity contribution in [1.29, 1.82) is 0 Å². The lowest BCUT2D eigenvalue weighted by atomic mass is 9.72. The number of benzene rings is 2. The Hall–Kier alpha value is -2.59. The van der Waals surface area contributed by atoms with Crippen molar-refractivity contribution < 1.29 is 9.59 Å². The molecule has 2 aromatic rings. The third kappa shape index (κ3) is 3.22. The van der Waals surface area contributed by atoms with Crippen molar-refractivity contribution in [2.75, 3.05) is 10.2 Å². The molecule has 2 atom stereocenters. The molecule has 0 saturated heterocycles. The van der Waals surface area contributed by atoms with Gasteiger partial charge >= 0.3 is 0 Å². The fourth-order valence-electron chi connectivity index (χ4n) is 4.40. The first-order valence-corrected chi connectivity index (χ1v) is 9.81. The highest BCUT2D eigenvalue weighted by molar-refractivity contribution is 6.30. The summed E-state index contributed by atoms with van der Waals surface area (Å²) in [5, 5.41) is 4.04. The number of nitrogens with one attached hydrogen (secondary N) is 1. The monoisotopic (exact) mass is 394 g/mol. The number of nitrogens with zero attached hydrogens (tertiary/aromatic N) is 1. The number of anilines is 2. The lowest BCUT2D eigenvalue weighted by Crippen LogP contribution is -2.42. The first kappa shape index (κ1) is 18.8. The van der Waals surface area contributed by atoms with Crippen molar-refractivity contribution >= 4 is 34.7 Å². The molecule has 5 heteroatoms. The third-order valence-electron chi connectivity index (χ3n) is 5.42. The van der Waals surface area contributed by atoms with Gasteiger partial charge in [-0.3, -0.25) is 9.59 Å². The molecule has 0 bridgehead atoms. The number of Topliss-reactive ketones (excluding diaryl/α,β-unsaturated/α-hetero) is 1. The number of halogens is 1. The van der Waals surface area contributed by atoms with Gasteiger partial charge in [-0.25, -0.2) is 0 Å². The number of ketones is 1. The van der Waals surface area contributed by atoms with Gasteiger partial charge in [0.1, 0.15) is 5.78 Å². The average molecular weight is 395 g/mol. The molecule has 0 spiro atoms. The van der Waals surface area contributed by atoms with Gasteiger partial charge in [0.05, 0.1) is 23.3 Å². The number of para-hydroxylation sites is 2. The Morgan fingerprint density at radius 2 is 1.93 bits per heavy atom. The molecule has 28 heavy (non-hydrogen) atoms. The first-order chi connectivity index (χ1) is 13.3. The number of rotatable bonds is 1. The van der Waals surface area contributed by atoms with Crippen LogP contribution in [-0.2, 0) is 9.59 Å². The van der Waals surface area contributed by atoms with E-state index in [0.717, 1.165) is 22.6 Å². The Morgan fingerprint density at radius 1 is 1.18 bits per heavy atom. The lowest BCUT2D eigenvalue weighted by molar-refractivity contribution is -0.125. The topological polar surface area (TPSA) is 49.4 Å². The van der Waals surface area contributed by atoms with E-state index in [-0.39, 0.29) is 17.1 Å². The number of amides is 1. The second-order valence-corrected chi connectivity index (χ2v) is 8.68. The first-order valence-electron chi connectivity index (χ1n) is 9.44. The van der Waals surface area contributed by atoms with Crippen molar-refractivity contribution in [1.82, 2.24) is 0 Å². The Labute approximate surface area is 170 Å². The highest BCUT2D eigenvalue weighted by atomic mass is 35.5. The van der Waals surface area contributed by atoms with E-state index in [1.54, 1.807) is 17.9 Å². The van der Waals surface area contributed by atoms with Gasteiger partial charge in [-0.1, -0.05) is 55.8 Å². The van der Waals surface area contributed by atoms with E-state index in [1.807, 2.05) is 42.5 Å². The van der Waals surface area contributed by atoms with Crippen molar-refractivity contribution in [3.63, 3.8) is 0 Å². The lowest BCUT2D eigenvalue weighted by Gasteiger charge is -2.38. The van der Waals surface area contributed by atoms with Crippen molar-refractivity contribution in [2.24, 2.45) is 11.3 Å². The molecule has 2 aromatic carbocycles. The molecular formula is C23H23ClN2O2. The normalized spacial score (nSPS) is 23.1. The summed E-state index contributed by atoms with van der Waals surface area (Å²) in [6, 6.07) is 14.7. The van der Waals surface area contributed by atoms with E-state index in [2.05, 4.69) is 25.2 Å². The van der Waals surface area contributed by atoms with Gasteiger partial charge in [0, 0.05) is 24.1 Å². The molecule has 1 heterocycles. The van der Waals surface area contributed by atoms with Crippen LogP contribution in [0.4, 0.5) is 11.4 Å². The molecule has 0 aromatic heterocycles. The molecule has 2 aliphatic rings. The summed E-state index contributed by atoms with van der Waals surface area (Å²) in [6.45, 7) is 5.66. The fourth-order valence-corrected chi connectivity index (χ4v) is 4.59. The molecule has 1 aliphatic carbocycles. The molecule has 1 aliphatic heterocycles. The maximum atomic E-state index is 13.3. The number of fused-ring (bicyclic) bond motifs is 2. The van der Waals surface area contributed by atoms with Crippen LogP contribution in [0.2, 0.25) is 5.02 Å². The van der Waals surface area contributed by atoms with Crippen LogP contribution in [0.3, 0.4) is 0 Å². The number of carbonyl (C=O) groups excluding carboxylic acids is 2. The molecule has 2 unspecified atom stereocenters. The zero-order valence-corrected chi connectivity index (χ0v) is 17.0. The third-order valence-corrected chi connectivity index (χ3v) is 5.66. The smallest absolute Gasteiger partial charge is 0.224 e. The van der Waals surface area contributed by atoms with Crippen molar-refractivity contribution in [3.05, 3.63) is 70.9 Å². The minimum absolute atomic E-state index is 0.113. The predicted molar refractivity (Wildman–Crippen MR) is 112 cm³/mol. The fraction of sp³-hybridized carbons (Fsp3) is 0.304. The molecule has 4 rings (SSSR count). The van der Waals surface area contributed by atoms with Crippen LogP contribution in [0.1, 0.15) is 38.8 Å². The largest absolute Gasteiger partial charge is 0.357 e.